The predicted molar refractivity (Wildman–Crippen MR) is 174 cm³/mol. The fourth-order valence-corrected chi connectivity index (χ4v) is 9.15. The first-order chi connectivity index (χ1) is 24.0. The van der Waals surface area contributed by atoms with Gasteiger partial charge in [-0.25, -0.2) is 26.9 Å². The quantitative estimate of drug-likeness (QED) is 0.0744. The van der Waals surface area contributed by atoms with Gasteiger partial charge in [-0.1, -0.05) is 42.3 Å². The summed E-state index contributed by atoms with van der Waals surface area (Å²) < 4.78 is 78.7. The average molecular weight is 770 g/mol. The molecule has 2 saturated heterocycles. The summed E-state index contributed by atoms with van der Waals surface area (Å²) in [5.41, 5.74) is -0.455. The fraction of sp³-hybridized carbons (Fsp3) is 0.314. The van der Waals surface area contributed by atoms with Crippen molar-refractivity contribution in [3.63, 3.8) is 0 Å². The van der Waals surface area contributed by atoms with E-state index in [0.29, 0.717) is 6.42 Å². The van der Waals surface area contributed by atoms with Gasteiger partial charge in [0.25, 0.3) is 11.8 Å². The highest BCUT2D eigenvalue weighted by Crippen LogP contribution is 2.66. The number of methoxy groups -OCH3 is 1. The number of anilines is 2. The number of phenolic OH excluding ortho intramolecular Hbond substituents is 1. The molecular formula is C35H24Cl3F5N2O6. The molecule has 266 valence electrons. The van der Waals surface area contributed by atoms with Gasteiger partial charge in [-0.2, -0.15) is 0 Å². The molecule has 2 aliphatic carbocycles. The summed E-state index contributed by atoms with van der Waals surface area (Å²) >= 11 is 20.6. The number of alkyl halides is 2. The van der Waals surface area contributed by atoms with Crippen LogP contribution in [0.1, 0.15) is 36.8 Å². The Kier molecular flexibility index (Phi) is 8.23. The van der Waals surface area contributed by atoms with E-state index in [1.165, 1.54) is 19.2 Å². The first kappa shape index (κ1) is 35.2. The van der Waals surface area contributed by atoms with E-state index >= 15 is 8.78 Å². The maximum atomic E-state index is 15.2. The number of hydrogen-bond acceptors (Lipinski definition) is 6. The van der Waals surface area contributed by atoms with Gasteiger partial charge in [0.1, 0.15) is 5.69 Å². The zero-order valence-electron chi connectivity index (χ0n) is 26.4. The van der Waals surface area contributed by atoms with Gasteiger partial charge in [0.2, 0.25) is 17.6 Å². The first-order valence-corrected chi connectivity index (χ1v) is 16.7. The van der Waals surface area contributed by atoms with Crippen molar-refractivity contribution in [3.05, 3.63) is 93.3 Å². The number of aryl methyl sites for hydroxylation is 1. The number of halogens is 8. The smallest absolute Gasteiger partial charge is 0.258 e. The van der Waals surface area contributed by atoms with Crippen LogP contribution in [0.3, 0.4) is 0 Å². The minimum Gasteiger partial charge on any atom is -0.503 e. The molecule has 0 bridgehead atoms. The summed E-state index contributed by atoms with van der Waals surface area (Å²) in [5.74, 6) is -22.4. The molecule has 0 spiro atoms. The van der Waals surface area contributed by atoms with E-state index < -0.39 is 104 Å². The van der Waals surface area contributed by atoms with Crippen LogP contribution in [0.25, 0.3) is 0 Å². The number of rotatable bonds is 5. The van der Waals surface area contributed by atoms with Crippen LogP contribution in [0.15, 0.2) is 48.0 Å². The summed E-state index contributed by atoms with van der Waals surface area (Å²) in [4.78, 5) is 52.1. The second-order valence-electron chi connectivity index (χ2n) is 12.8. The Labute approximate surface area is 301 Å². The van der Waals surface area contributed by atoms with Gasteiger partial charge < -0.3 is 9.84 Å². The van der Waals surface area contributed by atoms with E-state index in [0.717, 1.165) is 10.5 Å². The standard InChI is InChI=1S/C35H24Cl3F5N2O6/c1-3-13-4-6-15(7-5-13)44-30(47)17-9-8-16-18(21(17)31(44)48)12-34(37)32(49)45(28-26(42)24(40)23(39)25(41)27(28)43)33(50)35(34,38)22(16)14-10-19(36)29(46)20(11-14)51-2/h4-8,10-11,17-18,21-22,46H,3,9,12H2,1-2H3. The highest BCUT2D eigenvalue weighted by molar-refractivity contribution is 6.58. The van der Waals surface area contributed by atoms with E-state index in [2.05, 4.69) is 0 Å². The number of aromatic hydroxyl groups is 1. The molecule has 16 heteroatoms. The lowest BCUT2D eigenvalue weighted by molar-refractivity contribution is -0.125. The second-order valence-corrected chi connectivity index (χ2v) is 14.4. The summed E-state index contributed by atoms with van der Waals surface area (Å²) in [6.07, 6.45) is 1.54. The van der Waals surface area contributed by atoms with Gasteiger partial charge in [0.05, 0.1) is 29.7 Å². The Balaban J connectivity index is 1.44. The van der Waals surface area contributed by atoms with Crippen LogP contribution in [-0.2, 0) is 25.6 Å². The zero-order valence-corrected chi connectivity index (χ0v) is 28.6. The number of carbonyl (C=O) groups is 4. The maximum Gasteiger partial charge on any atom is 0.258 e. The van der Waals surface area contributed by atoms with Gasteiger partial charge in [-0.15, -0.1) is 23.2 Å². The summed E-state index contributed by atoms with van der Waals surface area (Å²) in [5, 5.41) is 10.2. The third-order valence-electron chi connectivity index (χ3n) is 10.4. The third-order valence-corrected chi connectivity index (χ3v) is 12.1. The lowest BCUT2D eigenvalue weighted by Crippen LogP contribution is -2.60. The van der Waals surface area contributed by atoms with E-state index in [1.54, 1.807) is 30.3 Å². The van der Waals surface area contributed by atoms with Crippen molar-refractivity contribution in [2.45, 2.75) is 41.9 Å². The molecule has 0 radical (unpaired) electrons. The van der Waals surface area contributed by atoms with Crippen LogP contribution in [0.5, 0.6) is 11.5 Å². The number of fused-ring (bicyclic) bond motifs is 4. The maximum absolute atomic E-state index is 15.2. The Morgan fingerprint density at radius 2 is 1.47 bits per heavy atom. The number of hydrogen-bond donors (Lipinski definition) is 1. The molecule has 2 aliphatic heterocycles. The van der Waals surface area contributed by atoms with Crippen molar-refractivity contribution in [3.8, 4) is 11.5 Å². The average Bonchev–Trinajstić information content (AvgIpc) is 3.45. The highest BCUT2D eigenvalue weighted by atomic mass is 35.5. The highest BCUT2D eigenvalue weighted by Gasteiger charge is 2.77. The normalized spacial score (nSPS) is 28.5. The molecule has 1 saturated carbocycles. The van der Waals surface area contributed by atoms with Crippen LogP contribution in [0, 0.1) is 46.8 Å². The molecule has 51 heavy (non-hydrogen) atoms. The molecule has 3 aromatic carbocycles. The monoisotopic (exact) mass is 768 g/mol. The van der Waals surface area contributed by atoms with Crippen LogP contribution >= 0.6 is 34.8 Å². The SMILES string of the molecule is CCc1ccc(N2C(=O)C3CC=C4C(CC5(Cl)C(=O)N(c6c(F)c(F)c(F)c(F)c6F)C(=O)C5(Cl)C4c4cc(Cl)c(O)c(OC)c4)C3C2=O)cc1. The minimum atomic E-state index is -2.76. The van der Waals surface area contributed by atoms with Crippen LogP contribution in [0.2, 0.25) is 5.02 Å². The van der Waals surface area contributed by atoms with Gasteiger partial charge in [0, 0.05) is 5.92 Å². The van der Waals surface area contributed by atoms with E-state index in [9.17, 15) is 37.5 Å². The van der Waals surface area contributed by atoms with E-state index in [-0.39, 0.29) is 38.9 Å². The Hall–Kier alpha value is -4.20. The lowest BCUT2D eigenvalue weighted by Gasteiger charge is -2.50. The van der Waals surface area contributed by atoms with Crippen molar-refractivity contribution in [2.24, 2.45) is 17.8 Å². The van der Waals surface area contributed by atoms with Gasteiger partial charge in [0.15, 0.2) is 44.5 Å². The number of phenols is 1. The van der Waals surface area contributed by atoms with Crippen LogP contribution in [0.4, 0.5) is 33.3 Å². The predicted octanol–water partition coefficient (Wildman–Crippen LogP) is 7.08. The number of nitrogens with zero attached hydrogens (tertiary/aromatic N) is 2. The molecule has 8 nitrogen and oxygen atoms in total. The van der Waals surface area contributed by atoms with Crippen molar-refractivity contribution in [1.29, 1.82) is 0 Å². The summed E-state index contributed by atoms with van der Waals surface area (Å²) in [7, 11) is 1.19. The summed E-state index contributed by atoms with van der Waals surface area (Å²) in [6, 6.07) is 9.12. The topological polar surface area (TPSA) is 104 Å². The summed E-state index contributed by atoms with van der Waals surface area (Å²) in [6.45, 7) is 1.93. The second kappa shape index (κ2) is 11.9. The van der Waals surface area contributed by atoms with Crippen molar-refractivity contribution in [2.75, 3.05) is 16.9 Å². The number of benzene rings is 3. The van der Waals surface area contributed by atoms with E-state index in [1.807, 2.05) is 6.92 Å². The number of amides is 4. The largest absolute Gasteiger partial charge is 0.503 e. The zero-order chi connectivity index (χ0) is 37.1. The Bertz CT molecular complexity index is 2100. The molecule has 6 atom stereocenters. The van der Waals surface area contributed by atoms with Crippen molar-refractivity contribution >= 4 is 69.8 Å². The van der Waals surface area contributed by atoms with Crippen molar-refractivity contribution in [1.82, 2.24) is 0 Å². The molecule has 4 aliphatic rings. The fourth-order valence-electron chi connectivity index (χ4n) is 7.99. The molecule has 7 rings (SSSR count). The van der Waals surface area contributed by atoms with Crippen molar-refractivity contribution < 1.29 is 51.0 Å². The van der Waals surface area contributed by atoms with Gasteiger partial charge >= 0.3 is 0 Å². The lowest BCUT2D eigenvalue weighted by atomic mass is 9.56. The van der Waals surface area contributed by atoms with Crippen LogP contribution in [-0.4, -0.2) is 45.6 Å². The first-order valence-electron chi connectivity index (χ1n) is 15.6. The minimum absolute atomic E-state index is 0.0201. The van der Waals surface area contributed by atoms with Gasteiger partial charge in [-0.05, 0) is 60.6 Å². The third kappa shape index (κ3) is 4.56. The molecule has 3 aromatic rings. The van der Waals surface area contributed by atoms with Crippen LogP contribution < -0.4 is 14.5 Å². The Morgan fingerprint density at radius 1 is 0.863 bits per heavy atom. The molecule has 0 aromatic heterocycles. The molecule has 1 N–H and O–H groups in total. The molecular weight excluding hydrogens is 746 g/mol. The number of carbonyl (C=O) groups excluding carboxylic acids is 4. The number of ether oxygens (including phenoxy) is 1. The number of allylic oxidation sites excluding steroid dienone is 2. The molecule has 4 amide bonds. The molecule has 6 unspecified atom stereocenters. The number of imide groups is 2. The Morgan fingerprint density at radius 3 is 2.06 bits per heavy atom. The molecule has 3 fully saturated rings. The van der Waals surface area contributed by atoms with E-state index in [4.69, 9.17) is 39.5 Å². The molecule has 2 heterocycles. The van der Waals surface area contributed by atoms with Gasteiger partial charge in [-0.3, -0.25) is 24.1 Å².